The van der Waals surface area contributed by atoms with Crippen molar-refractivity contribution in [2.24, 2.45) is 0 Å². The fourth-order valence-corrected chi connectivity index (χ4v) is 3.21. The van der Waals surface area contributed by atoms with Crippen molar-refractivity contribution in [2.45, 2.75) is 45.7 Å². The third-order valence-electron chi connectivity index (χ3n) is 3.77. The molecular formula is C19H22F3NO3S. The molecule has 0 unspecified atom stereocenters. The molecule has 0 N–H and O–H groups in total. The largest absolute Gasteiger partial charge is 0.493 e. The first-order chi connectivity index (χ1) is 12.8. The first-order valence-corrected chi connectivity index (χ1v) is 9.67. The topological polar surface area (TPSA) is 48.4 Å². The van der Waals surface area contributed by atoms with Gasteiger partial charge in [0.2, 0.25) is 0 Å². The first-order valence-electron chi connectivity index (χ1n) is 8.79. The lowest BCUT2D eigenvalue weighted by atomic mass is 10.1. The van der Waals surface area contributed by atoms with Crippen LogP contribution in [0.25, 0.3) is 0 Å². The quantitative estimate of drug-likeness (QED) is 0.411. The number of rotatable bonds is 9. The number of hydrogen-bond donors (Lipinski definition) is 0. The maximum Gasteiger partial charge on any atom is 0.416 e. The maximum atomic E-state index is 13.1. The molecule has 2 rings (SSSR count). The summed E-state index contributed by atoms with van der Waals surface area (Å²) < 4.78 is 49.8. The van der Waals surface area contributed by atoms with E-state index in [9.17, 15) is 18.0 Å². The van der Waals surface area contributed by atoms with Gasteiger partial charge in [-0.2, -0.15) is 13.2 Å². The van der Waals surface area contributed by atoms with Crippen molar-refractivity contribution >= 4 is 17.3 Å². The Kier molecular flexibility index (Phi) is 7.65. The summed E-state index contributed by atoms with van der Waals surface area (Å²) >= 11 is 1.20. The fraction of sp³-hybridized carbons (Fsp3) is 0.474. The van der Waals surface area contributed by atoms with Gasteiger partial charge in [-0.05, 0) is 31.5 Å². The van der Waals surface area contributed by atoms with Crippen molar-refractivity contribution in [3.8, 4) is 5.75 Å². The fourth-order valence-electron chi connectivity index (χ4n) is 2.42. The van der Waals surface area contributed by atoms with Crippen LogP contribution >= 0.6 is 11.3 Å². The molecule has 4 nitrogen and oxygen atoms in total. The van der Waals surface area contributed by atoms with Gasteiger partial charge in [0.1, 0.15) is 5.75 Å². The standard InChI is InChI=1S/C19H22F3NO3S/c1-3-5-6-9-26-16-8-7-14(19(20,21)22)10-13(16)11-17-23-15(12-27-17)18(24)25-4-2/h7-8,10,12H,3-6,9,11H2,1-2H3. The molecule has 0 aliphatic heterocycles. The predicted molar refractivity (Wildman–Crippen MR) is 97.3 cm³/mol. The Hall–Kier alpha value is -2.09. The molecule has 1 heterocycles. The maximum absolute atomic E-state index is 13.1. The molecule has 0 aliphatic carbocycles. The number of esters is 1. The number of unbranched alkanes of at least 4 members (excludes halogenated alkanes) is 2. The molecule has 1 aromatic carbocycles. The van der Waals surface area contributed by atoms with E-state index in [0.29, 0.717) is 22.9 Å². The van der Waals surface area contributed by atoms with Gasteiger partial charge in [0.05, 0.1) is 23.8 Å². The third-order valence-corrected chi connectivity index (χ3v) is 4.62. The minimum atomic E-state index is -4.44. The molecular weight excluding hydrogens is 379 g/mol. The first kappa shape index (κ1) is 21.2. The Morgan fingerprint density at radius 1 is 1.22 bits per heavy atom. The number of halogens is 3. The molecule has 0 saturated heterocycles. The van der Waals surface area contributed by atoms with Crippen LogP contribution in [0.1, 0.15) is 59.7 Å². The van der Waals surface area contributed by atoms with Gasteiger partial charge in [0, 0.05) is 17.4 Å². The number of hydrogen-bond acceptors (Lipinski definition) is 5. The summed E-state index contributed by atoms with van der Waals surface area (Å²) in [5, 5.41) is 2.07. The van der Waals surface area contributed by atoms with Gasteiger partial charge in [-0.1, -0.05) is 19.8 Å². The van der Waals surface area contributed by atoms with Gasteiger partial charge >= 0.3 is 12.1 Å². The van der Waals surface area contributed by atoms with Crippen LogP contribution in [0.2, 0.25) is 0 Å². The number of carbonyl (C=O) groups excluding carboxylic acids is 1. The second-order valence-corrected chi connectivity index (χ2v) is 6.84. The summed E-state index contributed by atoms with van der Waals surface area (Å²) in [4.78, 5) is 15.9. The highest BCUT2D eigenvalue weighted by Gasteiger charge is 2.31. The summed E-state index contributed by atoms with van der Waals surface area (Å²) in [5.74, 6) is -0.132. The van der Waals surface area contributed by atoms with Crippen LogP contribution in [-0.4, -0.2) is 24.2 Å². The van der Waals surface area contributed by atoms with Gasteiger partial charge < -0.3 is 9.47 Å². The molecule has 0 atom stereocenters. The van der Waals surface area contributed by atoms with Gasteiger partial charge in [-0.3, -0.25) is 0 Å². The highest BCUT2D eigenvalue weighted by molar-refractivity contribution is 7.09. The second kappa shape index (κ2) is 9.73. The molecule has 0 aliphatic rings. The number of ether oxygens (including phenoxy) is 2. The predicted octanol–water partition coefficient (Wildman–Crippen LogP) is 5.50. The highest BCUT2D eigenvalue weighted by atomic mass is 32.1. The van der Waals surface area contributed by atoms with Crippen LogP contribution in [0, 0.1) is 0 Å². The molecule has 148 valence electrons. The molecule has 0 spiro atoms. The van der Waals surface area contributed by atoms with E-state index in [1.807, 2.05) is 0 Å². The van der Waals surface area contributed by atoms with E-state index in [-0.39, 0.29) is 18.7 Å². The molecule has 0 radical (unpaired) electrons. The van der Waals surface area contributed by atoms with Gasteiger partial charge in [0.15, 0.2) is 5.69 Å². The number of thiazole rings is 1. The Morgan fingerprint density at radius 3 is 2.67 bits per heavy atom. The zero-order valence-electron chi connectivity index (χ0n) is 15.3. The van der Waals surface area contributed by atoms with Crippen molar-refractivity contribution in [3.63, 3.8) is 0 Å². The average molecular weight is 401 g/mol. The summed E-state index contributed by atoms with van der Waals surface area (Å²) in [5.41, 5.74) is -0.180. The minimum absolute atomic E-state index is 0.150. The van der Waals surface area contributed by atoms with Gasteiger partial charge in [-0.25, -0.2) is 9.78 Å². The van der Waals surface area contributed by atoms with Crippen molar-refractivity contribution < 1.29 is 27.4 Å². The number of benzene rings is 1. The van der Waals surface area contributed by atoms with Crippen LogP contribution in [0.3, 0.4) is 0 Å². The second-order valence-electron chi connectivity index (χ2n) is 5.90. The van der Waals surface area contributed by atoms with E-state index in [4.69, 9.17) is 9.47 Å². The molecule has 0 saturated carbocycles. The summed E-state index contributed by atoms with van der Waals surface area (Å²) in [6.07, 6.45) is -1.43. The molecule has 0 bridgehead atoms. The Balaban J connectivity index is 2.22. The number of alkyl halides is 3. The zero-order chi connectivity index (χ0) is 19.9. The van der Waals surface area contributed by atoms with E-state index in [1.165, 1.54) is 17.4 Å². The van der Waals surface area contributed by atoms with Crippen molar-refractivity contribution in [3.05, 3.63) is 45.4 Å². The third kappa shape index (κ3) is 6.23. The van der Waals surface area contributed by atoms with Crippen LogP contribution < -0.4 is 4.74 Å². The van der Waals surface area contributed by atoms with Crippen LogP contribution in [0.15, 0.2) is 23.6 Å². The summed E-state index contributed by atoms with van der Waals surface area (Å²) in [7, 11) is 0. The normalized spacial score (nSPS) is 11.4. The minimum Gasteiger partial charge on any atom is -0.493 e. The lowest BCUT2D eigenvalue weighted by Gasteiger charge is -2.14. The Morgan fingerprint density at radius 2 is 2.00 bits per heavy atom. The zero-order valence-corrected chi connectivity index (χ0v) is 16.1. The van der Waals surface area contributed by atoms with E-state index in [1.54, 1.807) is 12.3 Å². The van der Waals surface area contributed by atoms with Crippen LogP contribution in [-0.2, 0) is 17.3 Å². The average Bonchev–Trinajstić information content (AvgIpc) is 3.08. The van der Waals surface area contributed by atoms with Gasteiger partial charge in [-0.15, -0.1) is 11.3 Å². The molecule has 0 fully saturated rings. The van der Waals surface area contributed by atoms with E-state index in [2.05, 4.69) is 11.9 Å². The van der Waals surface area contributed by atoms with E-state index < -0.39 is 17.7 Å². The Bertz CT molecular complexity index is 759. The van der Waals surface area contributed by atoms with E-state index in [0.717, 1.165) is 31.4 Å². The van der Waals surface area contributed by atoms with Crippen LogP contribution in [0.4, 0.5) is 13.2 Å². The lowest BCUT2D eigenvalue weighted by molar-refractivity contribution is -0.137. The lowest BCUT2D eigenvalue weighted by Crippen LogP contribution is -2.08. The van der Waals surface area contributed by atoms with Crippen molar-refractivity contribution in [2.75, 3.05) is 13.2 Å². The molecule has 27 heavy (non-hydrogen) atoms. The Labute approximate surface area is 160 Å². The summed E-state index contributed by atoms with van der Waals surface area (Å²) in [6.45, 7) is 4.43. The smallest absolute Gasteiger partial charge is 0.416 e. The van der Waals surface area contributed by atoms with Crippen molar-refractivity contribution in [1.82, 2.24) is 4.98 Å². The molecule has 1 aromatic heterocycles. The molecule has 0 amide bonds. The number of nitrogens with zero attached hydrogens (tertiary/aromatic N) is 1. The monoisotopic (exact) mass is 401 g/mol. The SMILES string of the molecule is CCCCCOc1ccc(C(F)(F)F)cc1Cc1nc(C(=O)OCC)cs1. The molecule has 2 aromatic rings. The summed E-state index contributed by atoms with van der Waals surface area (Å²) in [6, 6.07) is 3.45. The number of aromatic nitrogens is 1. The molecule has 8 heteroatoms. The van der Waals surface area contributed by atoms with Crippen LogP contribution in [0.5, 0.6) is 5.75 Å². The van der Waals surface area contributed by atoms with E-state index >= 15 is 0 Å². The van der Waals surface area contributed by atoms with Gasteiger partial charge in [0.25, 0.3) is 0 Å². The van der Waals surface area contributed by atoms with Crippen molar-refractivity contribution in [1.29, 1.82) is 0 Å². The number of carbonyl (C=O) groups is 1. The highest BCUT2D eigenvalue weighted by Crippen LogP contribution is 2.34.